The van der Waals surface area contributed by atoms with Crippen molar-refractivity contribution in [1.82, 2.24) is 4.98 Å². The van der Waals surface area contributed by atoms with Crippen LogP contribution in [0.25, 0.3) is 0 Å². The average molecular weight is 272 g/mol. The number of esters is 1. The topological polar surface area (TPSA) is 39.2 Å². The van der Waals surface area contributed by atoms with E-state index in [0.717, 1.165) is 4.47 Å². The third-order valence-corrected chi connectivity index (χ3v) is 2.02. The second kappa shape index (κ2) is 4.75. The van der Waals surface area contributed by atoms with Gasteiger partial charge in [-0.15, -0.1) is 0 Å². The molecule has 0 fully saturated rings. The highest BCUT2D eigenvalue weighted by Crippen LogP contribution is 2.12. The number of rotatable bonds is 2. The van der Waals surface area contributed by atoms with Crippen LogP contribution in [0.3, 0.4) is 0 Å². The van der Waals surface area contributed by atoms with E-state index in [2.05, 4.69) is 20.9 Å². The van der Waals surface area contributed by atoms with Crippen molar-refractivity contribution in [1.29, 1.82) is 0 Å². The minimum atomic E-state index is -0.441. The molecule has 0 saturated heterocycles. The number of hydrogen-bond donors (Lipinski definition) is 0. The quantitative estimate of drug-likeness (QED) is 0.777. The molecule has 1 aromatic rings. The van der Waals surface area contributed by atoms with Gasteiger partial charge < -0.3 is 4.74 Å². The highest BCUT2D eigenvalue weighted by Gasteiger charge is 2.16. The fourth-order valence-corrected chi connectivity index (χ4v) is 1.45. The lowest BCUT2D eigenvalue weighted by atomic mass is 10.2. The molecule has 0 N–H and O–H groups in total. The first kappa shape index (κ1) is 12.2. The molecule has 0 radical (unpaired) electrons. The molecule has 0 unspecified atom stereocenters. The molecule has 0 saturated carbocycles. The van der Waals surface area contributed by atoms with Crippen LogP contribution in [-0.2, 0) is 16.0 Å². The van der Waals surface area contributed by atoms with Gasteiger partial charge in [0.1, 0.15) is 5.60 Å². The van der Waals surface area contributed by atoms with Crippen molar-refractivity contribution < 1.29 is 9.53 Å². The number of nitrogens with zero attached hydrogens (tertiary/aromatic N) is 1. The predicted octanol–water partition coefficient (Wildman–Crippen LogP) is 2.73. The van der Waals surface area contributed by atoms with E-state index in [1.807, 2.05) is 32.9 Å². The standard InChI is InChI=1S/C11H14BrNO2/c1-11(2,3)15-10(14)7-9-6-8(12)4-5-13-9/h4-6H,7H2,1-3H3. The van der Waals surface area contributed by atoms with Gasteiger partial charge in [0.05, 0.1) is 12.1 Å². The van der Waals surface area contributed by atoms with Crippen molar-refractivity contribution in [2.75, 3.05) is 0 Å². The van der Waals surface area contributed by atoms with E-state index < -0.39 is 5.60 Å². The molecule has 0 spiro atoms. The lowest BCUT2D eigenvalue weighted by molar-refractivity contribution is -0.153. The Morgan fingerprint density at radius 2 is 2.20 bits per heavy atom. The van der Waals surface area contributed by atoms with Crippen molar-refractivity contribution in [3.8, 4) is 0 Å². The van der Waals surface area contributed by atoms with Crippen molar-refractivity contribution >= 4 is 21.9 Å². The molecule has 0 aliphatic heterocycles. The summed E-state index contributed by atoms with van der Waals surface area (Å²) in [6.07, 6.45) is 1.86. The summed E-state index contributed by atoms with van der Waals surface area (Å²) in [5.74, 6) is -0.256. The number of aromatic nitrogens is 1. The molecule has 0 bridgehead atoms. The molecule has 4 heteroatoms. The monoisotopic (exact) mass is 271 g/mol. The Morgan fingerprint density at radius 3 is 2.73 bits per heavy atom. The lowest BCUT2D eigenvalue weighted by Crippen LogP contribution is -2.25. The van der Waals surface area contributed by atoms with Gasteiger partial charge in [-0.2, -0.15) is 0 Å². The molecule has 0 aliphatic carbocycles. The van der Waals surface area contributed by atoms with Crippen LogP contribution in [-0.4, -0.2) is 16.6 Å². The molecule has 82 valence electrons. The Kier molecular flexibility index (Phi) is 3.85. The van der Waals surface area contributed by atoms with Gasteiger partial charge in [-0.3, -0.25) is 9.78 Å². The first-order valence-electron chi connectivity index (χ1n) is 4.69. The molecule has 1 aromatic heterocycles. The summed E-state index contributed by atoms with van der Waals surface area (Å²) in [6, 6.07) is 3.63. The van der Waals surface area contributed by atoms with E-state index >= 15 is 0 Å². The summed E-state index contributed by atoms with van der Waals surface area (Å²) in [5.41, 5.74) is 0.266. The molecule has 1 rings (SSSR count). The maximum Gasteiger partial charge on any atom is 0.312 e. The van der Waals surface area contributed by atoms with E-state index in [1.165, 1.54) is 0 Å². The maximum atomic E-state index is 11.5. The summed E-state index contributed by atoms with van der Waals surface area (Å²) < 4.78 is 6.10. The first-order chi connectivity index (χ1) is 6.87. The van der Waals surface area contributed by atoms with E-state index in [1.54, 1.807) is 6.20 Å². The molecule has 15 heavy (non-hydrogen) atoms. The van der Waals surface area contributed by atoms with Gasteiger partial charge >= 0.3 is 5.97 Å². The molecule has 0 aliphatic rings. The molecule has 0 atom stereocenters. The third-order valence-electron chi connectivity index (χ3n) is 1.52. The van der Waals surface area contributed by atoms with Crippen LogP contribution in [0.1, 0.15) is 26.5 Å². The zero-order valence-electron chi connectivity index (χ0n) is 9.08. The van der Waals surface area contributed by atoms with Crippen LogP contribution in [0.4, 0.5) is 0 Å². The Morgan fingerprint density at radius 1 is 1.53 bits per heavy atom. The number of carbonyl (C=O) groups excluding carboxylic acids is 1. The number of halogens is 1. The zero-order valence-corrected chi connectivity index (χ0v) is 10.7. The van der Waals surface area contributed by atoms with E-state index in [4.69, 9.17) is 4.74 Å². The predicted molar refractivity (Wildman–Crippen MR) is 61.5 cm³/mol. The summed E-state index contributed by atoms with van der Waals surface area (Å²) >= 11 is 3.32. The van der Waals surface area contributed by atoms with Gasteiger partial charge in [0, 0.05) is 10.7 Å². The minimum Gasteiger partial charge on any atom is -0.460 e. The normalized spacial score (nSPS) is 11.2. The molecule has 0 amide bonds. The largest absolute Gasteiger partial charge is 0.460 e. The van der Waals surface area contributed by atoms with E-state index in [9.17, 15) is 4.79 Å². The zero-order chi connectivity index (χ0) is 11.5. The Labute approximate surface area is 98.0 Å². The minimum absolute atomic E-state index is 0.205. The first-order valence-corrected chi connectivity index (χ1v) is 5.48. The number of ether oxygens (including phenoxy) is 1. The third kappa shape index (κ3) is 4.93. The Hall–Kier alpha value is -0.900. The molecule has 0 aromatic carbocycles. The Balaban J connectivity index is 2.59. The second-order valence-electron chi connectivity index (χ2n) is 4.23. The van der Waals surface area contributed by atoms with Crippen LogP contribution < -0.4 is 0 Å². The van der Waals surface area contributed by atoms with E-state index in [-0.39, 0.29) is 12.4 Å². The average Bonchev–Trinajstić information content (AvgIpc) is 1.99. The van der Waals surface area contributed by atoms with Gasteiger partial charge in [-0.25, -0.2) is 0 Å². The second-order valence-corrected chi connectivity index (χ2v) is 5.14. The van der Waals surface area contributed by atoms with Crippen LogP contribution in [0.2, 0.25) is 0 Å². The van der Waals surface area contributed by atoms with Crippen LogP contribution in [0, 0.1) is 0 Å². The van der Waals surface area contributed by atoms with Gasteiger partial charge in [0.15, 0.2) is 0 Å². The lowest BCUT2D eigenvalue weighted by Gasteiger charge is -2.19. The van der Waals surface area contributed by atoms with Crippen molar-refractivity contribution in [2.45, 2.75) is 32.8 Å². The summed E-state index contributed by atoms with van der Waals surface area (Å²) in [5, 5.41) is 0. The fraction of sp³-hybridized carbons (Fsp3) is 0.455. The van der Waals surface area contributed by atoms with Gasteiger partial charge in [0.25, 0.3) is 0 Å². The number of carbonyl (C=O) groups is 1. The van der Waals surface area contributed by atoms with Gasteiger partial charge in [-0.1, -0.05) is 15.9 Å². The van der Waals surface area contributed by atoms with Crippen LogP contribution in [0.15, 0.2) is 22.8 Å². The van der Waals surface area contributed by atoms with Gasteiger partial charge in [0.2, 0.25) is 0 Å². The van der Waals surface area contributed by atoms with Gasteiger partial charge in [-0.05, 0) is 32.9 Å². The smallest absolute Gasteiger partial charge is 0.312 e. The number of hydrogen-bond acceptors (Lipinski definition) is 3. The SMILES string of the molecule is CC(C)(C)OC(=O)Cc1cc(Br)ccn1. The number of pyridine rings is 1. The van der Waals surface area contributed by atoms with Crippen LogP contribution in [0.5, 0.6) is 0 Å². The molecule has 1 heterocycles. The summed E-state index contributed by atoms with van der Waals surface area (Å²) in [6.45, 7) is 5.54. The maximum absolute atomic E-state index is 11.5. The summed E-state index contributed by atoms with van der Waals surface area (Å²) in [4.78, 5) is 15.5. The van der Waals surface area contributed by atoms with Crippen molar-refractivity contribution in [2.24, 2.45) is 0 Å². The van der Waals surface area contributed by atoms with Crippen molar-refractivity contribution in [3.05, 3.63) is 28.5 Å². The molecule has 3 nitrogen and oxygen atoms in total. The van der Waals surface area contributed by atoms with Crippen LogP contribution >= 0.6 is 15.9 Å². The Bertz CT molecular complexity index is 358. The molecular weight excluding hydrogens is 258 g/mol. The summed E-state index contributed by atoms with van der Waals surface area (Å²) in [7, 11) is 0. The fourth-order valence-electron chi connectivity index (χ4n) is 1.07. The van der Waals surface area contributed by atoms with Crippen molar-refractivity contribution in [3.63, 3.8) is 0 Å². The molecular formula is C11H14BrNO2. The highest BCUT2D eigenvalue weighted by atomic mass is 79.9. The highest BCUT2D eigenvalue weighted by molar-refractivity contribution is 9.10. The van der Waals surface area contributed by atoms with E-state index in [0.29, 0.717) is 5.69 Å².